The first-order valence-electron chi connectivity index (χ1n) is 6.44. The Hall–Kier alpha value is -1.68. The third-order valence-corrected chi connectivity index (χ3v) is 3.16. The van der Waals surface area contributed by atoms with Gasteiger partial charge in [0.05, 0.1) is 13.0 Å². The standard InChI is InChI=1S/C11H15F2N3O3.CH2F2/c1-2-6-4-16(10(18)15-9(6)14)8-3-11(12,13)7(5-17)19-8;2-1-3/h4,7-8,17H,2-3,5H2,1H3,(H2,14,15,18);1H2. The van der Waals surface area contributed by atoms with Crippen LogP contribution < -0.4 is 11.4 Å². The van der Waals surface area contributed by atoms with Gasteiger partial charge in [-0.1, -0.05) is 6.92 Å². The molecule has 1 fully saturated rings. The van der Waals surface area contributed by atoms with Crippen LogP contribution >= 0.6 is 0 Å². The lowest BCUT2D eigenvalue weighted by molar-refractivity contribution is -0.102. The summed E-state index contributed by atoms with van der Waals surface area (Å²) in [6, 6.07) is 0. The van der Waals surface area contributed by atoms with E-state index in [2.05, 4.69) is 4.98 Å². The normalized spacial score (nSPS) is 23.0. The first kappa shape index (κ1) is 18.4. The highest BCUT2D eigenvalue weighted by Gasteiger charge is 2.50. The van der Waals surface area contributed by atoms with Crippen LogP contribution in [0.1, 0.15) is 25.1 Å². The number of ether oxygens (including phenoxy) is 1. The van der Waals surface area contributed by atoms with Crippen molar-refractivity contribution in [2.75, 3.05) is 19.3 Å². The Morgan fingerprint density at radius 2 is 2.14 bits per heavy atom. The molecule has 1 aromatic rings. The van der Waals surface area contributed by atoms with E-state index in [1.54, 1.807) is 0 Å². The fourth-order valence-corrected chi connectivity index (χ4v) is 2.04. The van der Waals surface area contributed by atoms with Crippen LogP contribution in [0, 0.1) is 0 Å². The highest BCUT2D eigenvalue weighted by atomic mass is 19.3. The molecular formula is C12H17F4N3O3. The Morgan fingerprint density at radius 3 is 2.59 bits per heavy atom. The highest BCUT2D eigenvalue weighted by molar-refractivity contribution is 5.36. The molecule has 2 atom stereocenters. The Balaban J connectivity index is 0.000000745. The first-order chi connectivity index (χ1) is 10.3. The number of aliphatic hydroxyl groups excluding tert-OH is 1. The molecule has 0 aromatic carbocycles. The molecule has 0 spiro atoms. The molecule has 2 unspecified atom stereocenters. The van der Waals surface area contributed by atoms with Gasteiger partial charge in [0.1, 0.15) is 18.1 Å². The number of nitrogen functional groups attached to an aromatic ring is 1. The Kier molecular flexibility index (Phi) is 6.30. The lowest BCUT2D eigenvalue weighted by Gasteiger charge is -2.15. The van der Waals surface area contributed by atoms with Crippen LogP contribution in [0.3, 0.4) is 0 Å². The number of aliphatic hydroxyl groups is 1. The SMILES string of the molecule is CCc1cn(C2CC(F)(F)C(CO)O2)c(=O)nc1N.FCF. The predicted molar refractivity (Wildman–Crippen MR) is 69.9 cm³/mol. The summed E-state index contributed by atoms with van der Waals surface area (Å²) in [5.41, 5.74) is 5.39. The number of alkyl halides is 4. The van der Waals surface area contributed by atoms with Crippen molar-refractivity contribution in [3.63, 3.8) is 0 Å². The molecule has 22 heavy (non-hydrogen) atoms. The summed E-state index contributed by atoms with van der Waals surface area (Å²) >= 11 is 0. The zero-order valence-electron chi connectivity index (χ0n) is 11.8. The van der Waals surface area contributed by atoms with Crippen LogP contribution in [0.4, 0.5) is 23.4 Å². The summed E-state index contributed by atoms with van der Waals surface area (Å²) in [4.78, 5) is 15.3. The third kappa shape index (κ3) is 3.95. The average Bonchev–Trinajstić information content (AvgIpc) is 2.74. The van der Waals surface area contributed by atoms with Gasteiger partial charge in [0.2, 0.25) is 6.93 Å². The summed E-state index contributed by atoms with van der Waals surface area (Å²) in [6.45, 7) is -0.746. The second kappa shape index (κ2) is 7.54. The van der Waals surface area contributed by atoms with Crippen LogP contribution in [-0.4, -0.2) is 40.2 Å². The maximum absolute atomic E-state index is 13.5. The van der Waals surface area contributed by atoms with Gasteiger partial charge in [-0.25, -0.2) is 22.4 Å². The number of aromatic nitrogens is 2. The van der Waals surface area contributed by atoms with Crippen molar-refractivity contribution in [2.45, 2.75) is 38.0 Å². The van der Waals surface area contributed by atoms with Gasteiger partial charge in [-0.05, 0) is 6.42 Å². The fourth-order valence-electron chi connectivity index (χ4n) is 2.04. The summed E-state index contributed by atoms with van der Waals surface area (Å²) in [6.07, 6.45) is -1.52. The highest BCUT2D eigenvalue weighted by Crippen LogP contribution is 2.40. The van der Waals surface area contributed by atoms with E-state index < -0.39 is 43.9 Å². The molecule has 126 valence electrons. The van der Waals surface area contributed by atoms with Crippen LogP contribution in [-0.2, 0) is 11.2 Å². The molecule has 1 saturated heterocycles. The lowest BCUT2D eigenvalue weighted by Crippen LogP contribution is -2.31. The van der Waals surface area contributed by atoms with Crippen LogP contribution in [0.15, 0.2) is 11.0 Å². The lowest BCUT2D eigenvalue weighted by atomic mass is 10.1. The molecule has 0 amide bonds. The number of nitrogens with zero attached hydrogens (tertiary/aromatic N) is 2. The number of aryl methyl sites for hydroxylation is 1. The van der Waals surface area contributed by atoms with E-state index >= 15 is 0 Å². The van der Waals surface area contributed by atoms with Gasteiger partial charge in [0.25, 0.3) is 5.92 Å². The largest absolute Gasteiger partial charge is 0.393 e. The fraction of sp³-hybridized carbons (Fsp3) is 0.667. The topological polar surface area (TPSA) is 90.4 Å². The van der Waals surface area contributed by atoms with Crippen molar-refractivity contribution in [2.24, 2.45) is 0 Å². The maximum atomic E-state index is 13.5. The molecule has 0 saturated carbocycles. The van der Waals surface area contributed by atoms with Gasteiger partial charge in [0.15, 0.2) is 0 Å². The molecule has 10 heteroatoms. The molecule has 1 aliphatic heterocycles. The first-order valence-corrected chi connectivity index (χ1v) is 6.44. The monoisotopic (exact) mass is 327 g/mol. The van der Waals surface area contributed by atoms with E-state index in [0.29, 0.717) is 12.0 Å². The van der Waals surface area contributed by atoms with Gasteiger partial charge in [0, 0.05) is 11.8 Å². The number of rotatable bonds is 3. The summed E-state index contributed by atoms with van der Waals surface area (Å²) in [7, 11) is 0. The predicted octanol–water partition coefficient (Wildman–Crippen LogP) is 1.19. The molecule has 1 aliphatic rings. The summed E-state index contributed by atoms with van der Waals surface area (Å²) in [5, 5.41) is 8.85. The van der Waals surface area contributed by atoms with Crippen molar-refractivity contribution in [1.82, 2.24) is 9.55 Å². The number of anilines is 1. The summed E-state index contributed by atoms with van der Waals surface area (Å²) < 4.78 is 52.2. The van der Waals surface area contributed by atoms with E-state index in [0.717, 1.165) is 4.57 Å². The minimum absolute atomic E-state index is 0.0900. The van der Waals surface area contributed by atoms with Crippen LogP contribution in [0.5, 0.6) is 0 Å². The van der Waals surface area contributed by atoms with Crippen LogP contribution in [0.25, 0.3) is 0 Å². The third-order valence-electron chi connectivity index (χ3n) is 3.16. The average molecular weight is 327 g/mol. The van der Waals surface area contributed by atoms with Gasteiger partial charge in [-0.2, -0.15) is 4.98 Å². The molecule has 2 rings (SSSR count). The van der Waals surface area contributed by atoms with E-state index in [1.807, 2.05) is 6.92 Å². The second-order valence-corrected chi connectivity index (χ2v) is 4.52. The van der Waals surface area contributed by atoms with Crippen molar-refractivity contribution < 1.29 is 27.4 Å². The molecule has 6 nitrogen and oxygen atoms in total. The minimum atomic E-state index is -3.17. The Bertz CT molecular complexity index is 553. The number of halogens is 4. The van der Waals surface area contributed by atoms with Gasteiger partial charge >= 0.3 is 5.69 Å². The van der Waals surface area contributed by atoms with Crippen molar-refractivity contribution in [1.29, 1.82) is 0 Å². The van der Waals surface area contributed by atoms with Crippen molar-refractivity contribution in [3.05, 3.63) is 22.2 Å². The Morgan fingerprint density at radius 1 is 1.55 bits per heavy atom. The molecule has 0 aliphatic carbocycles. The number of hydrogen-bond acceptors (Lipinski definition) is 5. The molecule has 2 heterocycles. The summed E-state index contributed by atoms with van der Waals surface area (Å²) in [5.74, 6) is -3.08. The van der Waals surface area contributed by atoms with E-state index in [-0.39, 0.29) is 5.82 Å². The minimum Gasteiger partial charge on any atom is -0.393 e. The van der Waals surface area contributed by atoms with Crippen LogP contribution in [0.2, 0.25) is 0 Å². The van der Waals surface area contributed by atoms with Crippen molar-refractivity contribution >= 4 is 5.82 Å². The Labute approximate surface area is 123 Å². The van der Waals surface area contributed by atoms with Gasteiger partial charge in [-0.3, -0.25) is 4.57 Å². The van der Waals surface area contributed by atoms with E-state index in [9.17, 15) is 22.4 Å². The molecule has 0 radical (unpaired) electrons. The van der Waals surface area contributed by atoms with Crippen molar-refractivity contribution in [3.8, 4) is 0 Å². The van der Waals surface area contributed by atoms with E-state index in [4.69, 9.17) is 15.6 Å². The zero-order chi connectivity index (χ0) is 16.9. The smallest absolute Gasteiger partial charge is 0.351 e. The van der Waals surface area contributed by atoms with Gasteiger partial charge < -0.3 is 15.6 Å². The quantitative estimate of drug-likeness (QED) is 0.814. The van der Waals surface area contributed by atoms with E-state index in [1.165, 1.54) is 6.20 Å². The number of hydrogen-bond donors (Lipinski definition) is 2. The molecule has 3 N–H and O–H groups in total. The molecule has 1 aromatic heterocycles. The second-order valence-electron chi connectivity index (χ2n) is 4.52. The van der Waals surface area contributed by atoms with Gasteiger partial charge in [-0.15, -0.1) is 0 Å². The molecule has 0 bridgehead atoms. The maximum Gasteiger partial charge on any atom is 0.351 e. The number of nitrogens with two attached hydrogens (primary N) is 1. The molecular weight excluding hydrogens is 310 g/mol. The zero-order valence-corrected chi connectivity index (χ0v) is 11.8.